The first-order chi connectivity index (χ1) is 26.8. The Balaban J connectivity index is 1.06. The van der Waals surface area contributed by atoms with Crippen LogP contribution in [0.2, 0.25) is 0 Å². The molecule has 55 heavy (non-hydrogen) atoms. The molecule has 2 aromatic heterocycles. The highest BCUT2D eigenvalue weighted by Gasteiger charge is 2.37. The van der Waals surface area contributed by atoms with E-state index in [1.165, 1.54) is 115 Å². The van der Waals surface area contributed by atoms with Crippen LogP contribution in [0.15, 0.2) is 156 Å². The maximum absolute atomic E-state index is 6.39. The average molecular weight is 704 g/mol. The number of aromatic nitrogens is 1. The molecule has 0 fully saturated rings. The van der Waals surface area contributed by atoms with Crippen molar-refractivity contribution in [1.82, 2.24) is 4.57 Å². The molecule has 0 saturated heterocycles. The second-order valence-corrected chi connectivity index (χ2v) is 16.2. The standard InChI is InChI=1S/C53H37NO/c1-30-24-49(31(2)23-40(30)32-21-22-37-35-15-6-5-13-33(35)34-14-7-8-16-36(34)41(37)25-32)54-48-19-11-9-17-38(48)44-26-42-43-27-45-39-18-10-12-20-51(39)55-52(45)29-47(43)53(3,4)46(42)28-50(44)54/h5-29H,1-4H3. The fourth-order valence-corrected chi connectivity index (χ4v) is 10.1. The molecule has 2 heteroatoms. The lowest BCUT2D eigenvalue weighted by Crippen LogP contribution is -2.15. The molecule has 0 spiro atoms. The third-order valence-corrected chi connectivity index (χ3v) is 12.8. The van der Waals surface area contributed by atoms with Crippen LogP contribution in [-0.2, 0) is 5.41 Å². The number of hydrogen-bond donors (Lipinski definition) is 0. The first kappa shape index (κ1) is 30.8. The van der Waals surface area contributed by atoms with Crippen molar-refractivity contribution in [3.8, 4) is 27.9 Å². The van der Waals surface area contributed by atoms with Gasteiger partial charge in [-0.2, -0.15) is 0 Å². The van der Waals surface area contributed by atoms with E-state index in [1.807, 2.05) is 6.07 Å². The van der Waals surface area contributed by atoms with Gasteiger partial charge in [0.1, 0.15) is 11.2 Å². The summed E-state index contributed by atoms with van der Waals surface area (Å²) in [5.41, 5.74) is 15.8. The molecule has 0 saturated carbocycles. The molecular formula is C53H37NO. The van der Waals surface area contributed by atoms with E-state index in [-0.39, 0.29) is 5.41 Å². The smallest absolute Gasteiger partial charge is 0.135 e. The Bertz CT molecular complexity index is 3440. The van der Waals surface area contributed by atoms with E-state index in [2.05, 4.69) is 178 Å². The molecule has 0 unspecified atom stereocenters. The minimum absolute atomic E-state index is 0.187. The van der Waals surface area contributed by atoms with Gasteiger partial charge < -0.3 is 8.98 Å². The molecule has 0 bridgehead atoms. The average Bonchev–Trinajstić information content (AvgIpc) is 3.82. The van der Waals surface area contributed by atoms with Gasteiger partial charge in [-0.25, -0.2) is 0 Å². The molecule has 260 valence electrons. The lowest BCUT2D eigenvalue weighted by molar-refractivity contribution is 0.647. The van der Waals surface area contributed by atoms with E-state index in [0.29, 0.717) is 0 Å². The van der Waals surface area contributed by atoms with Crippen LogP contribution in [-0.4, -0.2) is 4.57 Å². The maximum Gasteiger partial charge on any atom is 0.135 e. The van der Waals surface area contributed by atoms with Gasteiger partial charge in [0, 0.05) is 32.6 Å². The molecule has 9 aromatic carbocycles. The Morgan fingerprint density at radius 2 is 0.982 bits per heavy atom. The van der Waals surface area contributed by atoms with Crippen molar-refractivity contribution in [2.75, 3.05) is 0 Å². The zero-order valence-corrected chi connectivity index (χ0v) is 31.3. The predicted molar refractivity (Wildman–Crippen MR) is 233 cm³/mol. The van der Waals surface area contributed by atoms with Gasteiger partial charge in [0.15, 0.2) is 0 Å². The topological polar surface area (TPSA) is 18.1 Å². The summed E-state index contributed by atoms with van der Waals surface area (Å²) in [4.78, 5) is 0. The summed E-state index contributed by atoms with van der Waals surface area (Å²) in [7, 11) is 0. The third kappa shape index (κ3) is 4.09. The number of furan rings is 1. The van der Waals surface area contributed by atoms with E-state index in [1.54, 1.807) is 0 Å². The highest BCUT2D eigenvalue weighted by Crippen LogP contribution is 2.53. The van der Waals surface area contributed by atoms with Gasteiger partial charge in [-0.15, -0.1) is 0 Å². The van der Waals surface area contributed by atoms with Crippen molar-refractivity contribution in [1.29, 1.82) is 0 Å². The number of aryl methyl sites for hydroxylation is 2. The van der Waals surface area contributed by atoms with Gasteiger partial charge in [0.2, 0.25) is 0 Å². The zero-order valence-electron chi connectivity index (χ0n) is 31.3. The van der Waals surface area contributed by atoms with Crippen LogP contribution in [0, 0.1) is 13.8 Å². The van der Waals surface area contributed by atoms with Crippen LogP contribution in [0.5, 0.6) is 0 Å². The normalized spacial score (nSPS) is 13.6. The van der Waals surface area contributed by atoms with E-state index in [4.69, 9.17) is 4.42 Å². The predicted octanol–water partition coefficient (Wildman–Crippen LogP) is 14.7. The summed E-state index contributed by atoms with van der Waals surface area (Å²) in [6, 6.07) is 56.4. The van der Waals surface area contributed by atoms with Crippen LogP contribution in [0.1, 0.15) is 36.1 Å². The molecule has 1 aliphatic rings. The van der Waals surface area contributed by atoms with Crippen molar-refractivity contribution in [3.63, 3.8) is 0 Å². The van der Waals surface area contributed by atoms with Crippen molar-refractivity contribution in [3.05, 3.63) is 174 Å². The molecule has 12 rings (SSSR count). The molecule has 2 heterocycles. The Labute approximate surface area is 318 Å². The highest BCUT2D eigenvalue weighted by atomic mass is 16.3. The summed E-state index contributed by atoms with van der Waals surface area (Å²) in [6.07, 6.45) is 0. The summed E-state index contributed by atoms with van der Waals surface area (Å²) < 4.78 is 8.90. The molecule has 0 aliphatic heterocycles. The minimum Gasteiger partial charge on any atom is -0.456 e. The summed E-state index contributed by atoms with van der Waals surface area (Å²) >= 11 is 0. The van der Waals surface area contributed by atoms with Gasteiger partial charge >= 0.3 is 0 Å². The third-order valence-electron chi connectivity index (χ3n) is 12.8. The quantitative estimate of drug-likeness (QED) is 0.164. The number of hydrogen-bond acceptors (Lipinski definition) is 1. The van der Waals surface area contributed by atoms with Gasteiger partial charge in [-0.3, -0.25) is 0 Å². The molecule has 1 aliphatic carbocycles. The number of rotatable bonds is 2. The fraction of sp³-hybridized carbons (Fsp3) is 0.0943. The largest absolute Gasteiger partial charge is 0.456 e. The molecule has 0 radical (unpaired) electrons. The monoisotopic (exact) mass is 703 g/mol. The van der Waals surface area contributed by atoms with Crippen LogP contribution in [0.3, 0.4) is 0 Å². The first-order valence-corrected chi connectivity index (χ1v) is 19.3. The number of para-hydroxylation sites is 2. The van der Waals surface area contributed by atoms with Gasteiger partial charge in [0.25, 0.3) is 0 Å². The van der Waals surface area contributed by atoms with E-state index >= 15 is 0 Å². The molecule has 0 N–H and O–H groups in total. The molecular weight excluding hydrogens is 667 g/mol. The number of fused-ring (bicyclic) bond motifs is 15. The Kier molecular flexibility index (Phi) is 6.01. The Hall–Kier alpha value is -6.64. The van der Waals surface area contributed by atoms with Crippen LogP contribution in [0.4, 0.5) is 0 Å². The lowest BCUT2D eigenvalue weighted by Gasteiger charge is -2.22. The molecule has 11 aromatic rings. The highest BCUT2D eigenvalue weighted by molar-refractivity contribution is 6.26. The summed E-state index contributed by atoms with van der Waals surface area (Å²) in [5, 5.41) is 12.7. The van der Waals surface area contributed by atoms with Crippen LogP contribution >= 0.6 is 0 Å². The SMILES string of the molecule is Cc1cc(-n2c3ccccc3c3cc4c(cc32)C(C)(C)c2cc3oc5ccccc5c3cc2-4)c(C)cc1-c1ccc2c3ccccc3c3ccccc3c2c1. The van der Waals surface area contributed by atoms with Crippen molar-refractivity contribution in [2.24, 2.45) is 0 Å². The summed E-state index contributed by atoms with van der Waals surface area (Å²) in [5.74, 6) is 0. The van der Waals surface area contributed by atoms with Crippen LogP contribution in [0.25, 0.3) is 104 Å². The molecule has 0 atom stereocenters. The zero-order chi connectivity index (χ0) is 36.7. The van der Waals surface area contributed by atoms with Crippen molar-refractivity contribution in [2.45, 2.75) is 33.1 Å². The lowest BCUT2D eigenvalue weighted by atomic mass is 9.82. The first-order valence-electron chi connectivity index (χ1n) is 19.3. The molecule has 2 nitrogen and oxygen atoms in total. The molecule has 0 amide bonds. The second kappa shape index (κ2) is 10.7. The Morgan fingerprint density at radius 3 is 1.71 bits per heavy atom. The minimum atomic E-state index is -0.187. The van der Waals surface area contributed by atoms with E-state index in [9.17, 15) is 0 Å². The van der Waals surface area contributed by atoms with E-state index < -0.39 is 0 Å². The van der Waals surface area contributed by atoms with Gasteiger partial charge in [0.05, 0.1) is 11.0 Å². The summed E-state index contributed by atoms with van der Waals surface area (Å²) in [6.45, 7) is 9.27. The van der Waals surface area contributed by atoms with Gasteiger partial charge in [-0.1, -0.05) is 111 Å². The van der Waals surface area contributed by atoms with Crippen LogP contribution < -0.4 is 0 Å². The van der Waals surface area contributed by atoms with E-state index in [0.717, 1.165) is 11.2 Å². The van der Waals surface area contributed by atoms with Gasteiger partial charge in [-0.05, 0) is 145 Å². The van der Waals surface area contributed by atoms with Crippen molar-refractivity contribution < 1.29 is 4.42 Å². The number of benzene rings is 9. The second-order valence-electron chi connectivity index (χ2n) is 16.2. The number of nitrogens with zero attached hydrogens (tertiary/aromatic N) is 1. The fourth-order valence-electron chi connectivity index (χ4n) is 10.1. The maximum atomic E-state index is 6.39. The van der Waals surface area contributed by atoms with Crippen molar-refractivity contribution >= 4 is 76.1 Å². The Morgan fingerprint density at radius 1 is 0.400 bits per heavy atom.